The molecule has 1 heterocycles. The van der Waals surface area contributed by atoms with Gasteiger partial charge in [0, 0.05) is 46.8 Å². The number of sulfonamides is 1. The summed E-state index contributed by atoms with van der Waals surface area (Å²) >= 11 is 0.312. The van der Waals surface area contributed by atoms with Gasteiger partial charge in [-0.2, -0.15) is 26.3 Å². The molecule has 0 unspecified atom stereocenters. The van der Waals surface area contributed by atoms with Gasteiger partial charge in [-0.05, 0) is 42.0 Å². The number of anilines is 1. The quantitative estimate of drug-likeness (QED) is 0.128. The minimum absolute atomic E-state index is 0.0475. The maximum absolute atomic E-state index is 14.2. The van der Waals surface area contributed by atoms with Crippen LogP contribution in [0.4, 0.5) is 37.7 Å². The van der Waals surface area contributed by atoms with Crippen LogP contribution in [0.15, 0.2) is 81.4 Å². The van der Waals surface area contributed by atoms with E-state index < -0.39 is 65.4 Å². The van der Waals surface area contributed by atoms with Crippen molar-refractivity contribution in [2.45, 2.75) is 27.0 Å². The predicted octanol–water partition coefficient (Wildman–Crippen LogP) is 6.46. The largest absolute Gasteiger partial charge is 0.418 e. The van der Waals surface area contributed by atoms with Crippen molar-refractivity contribution in [3.63, 3.8) is 0 Å². The summed E-state index contributed by atoms with van der Waals surface area (Å²) in [6.07, 6.45) is -9.46. The number of hydrogen-bond acceptors (Lipinski definition) is 7. The van der Waals surface area contributed by atoms with Crippen molar-refractivity contribution >= 4 is 45.1 Å². The van der Waals surface area contributed by atoms with E-state index in [4.69, 9.17) is 4.74 Å². The molecule has 3 aromatic carbocycles. The summed E-state index contributed by atoms with van der Waals surface area (Å²) < 4.78 is 118. The van der Waals surface area contributed by atoms with E-state index in [9.17, 15) is 49.7 Å². The zero-order chi connectivity index (χ0) is 32.3. The van der Waals surface area contributed by atoms with Crippen molar-refractivity contribution in [3.05, 3.63) is 93.5 Å². The van der Waals surface area contributed by atoms with E-state index in [-0.39, 0.29) is 36.9 Å². The van der Waals surface area contributed by atoms with Gasteiger partial charge in [-0.15, -0.1) is 0 Å². The average Bonchev–Trinajstić information content (AvgIpc) is 2.95. The average molecular weight is 662 g/mol. The van der Waals surface area contributed by atoms with E-state index in [1.807, 2.05) is 0 Å². The normalized spacial score (nSPS) is 14.5. The van der Waals surface area contributed by atoms with Crippen molar-refractivity contribution in [2.24, 2.45) is 0 Å². The highest BCUT2D eigenvalue weighted by molar-refractivity contribution is 7.99. The number of nitro benzene ring substituents is 1. The Kier molecular flexibility index (Phi) is 9.60. The highest BCUT2D eigenvalue weighted by Crippen LogP contribution is 2.48. The third kappa shape index (κ3) is 7.89. The van der Waals surface area contributed by atoms with Gasteiger partial charge in [0.2, 0.25) is 5.91 Å². The molecule has 0 atom stereocenters. The van der Waals surface area contributed by atoms with Crippen molar-refractivity contribution in [3.8, 4) is 0 Å². The van der Waals surface area contributed by atoms with Crippen LogP contribution in [0.2, 0.25) is 0 Å². The Morgan fingerprint density at radius 2 is 1.61 bits per heavy atom. The minimum Gasteiger partial charge on any atom is -0.378 e. The monoisotopic (exact) mass is 661 g/mol. The highest BCUT2D eigenvalue weighted by atomic mass is 32.2. The van der Waals surface area contributed by atoms with E-state index >= 15 is 0 Å². The molecule has 1 aliphatic rings. The van der Waals surface area contributed by atoms with Crippen molar-refractivity contribution in [2.75, 3.05) is 31.0 Å². The molecular weight excluding hydrogens is 640 g/mol. The predicted molar refractivity (Wildman–Crippen MR) is 147 cm³/mol. The van der Waals surface area contributed by atoms with E-state index in [1.165, 1.54) is 23.1 Å². The first-order valence-electron chi connectivity index (χ1n) is 12.5. The smallest absolute Gasteiger partial charge is 0.378 e. The number of rotatable bonds is 8. The molecule has 0 bridgehead atoms. The molecule has 3 aromatic rings. The van der Waals surface area contributed by atoms with Crippen LogP contribution in [-0.2, 0) is 31.9 Å². The van der Waals surface area contributed by atoms with Gasteiger partial charge >= 0.3 is 12.4 Å². The molecule has 0 spiro atoms. The summed E-state index contributed by atoms with van der Waals surface area (Å²) in [6.45, 7) is 0.794. The fourth-order valence-corrected chi connectivity index (χ4v) is 6.32. The van der Waals surface area contributed by atoms with E-state index in [0.29, 0.717) is 17.8 Å². The molecule has 4 rings (SSSR count). The minimum atomic E-state index is -5.47. The van der Waals surface area contributed by atoms with Crippen LogP contribution in [0.1, 0.15) is 16.7 Å². The Hall–Kier alpha value is -4.09. The zero-order valence-electron chi connectivity index (χ0n) is 22.2. The first-order valence-corrected chi connectivity index (χ1v) is 14.8. The van der Waals surface area contributed by atoms with Gasteiger partial charge in [-0.3, -0.25) is 19.6 Å². The fourth-order valence-electron chi connectivity index (χ4n) is 4.19. The molecule has 1 N–H and O–H groups in total. The van der Waals surface area contributed by atoms with Gasteiger partial charge in [0.05, 0.1) is 34.2 Å². The highest BCUT2D eigenvalue weighted by Gasteiger charge is 2.46. The van der Waals surface area contributed by atoms with Crippen LogP contribution in [0.3, 0.4) is 0 Å². The second kappa shape index (κ2) is 12.9. The van der Waals surface area contributed by atoms with Crippen LogP contribution in [0.5, 0.6) is 0 Å². The maximum Gasteiger partial charge on any atom is 0.418 e. The number of non-ortho nitro benzene ring substituents is 1. The Balaban J connectivity index is 1.68. The first-order chi connectivity index (χ1) is 20.6. The fraction of sp³-hybridized carbons (Fsp3) is 0.222. The third-order valence-electron chi connectivity index (χ3n) is 6.15. The summed E-state index contributed by atoms with van der Waals surface area (Å²) in [6, 6.07) is 10.6. The molecule has 9 nitrogen and oxygen atoms in total. The Labute approximate surface area is 250 Å². The number of halogens is 6. The number of hydrogen-bond donors (Lipinski definition) is 1. The maximum atomic E-state index is 14.2. The van der Waals surface area contributed by atoms with Gasteiger partial charge in [-0.25, -0.2) is 8.42 Å². The molecule has 1 fully saturated rings. The molecule has 17 heteroatoms. The van der Waals surface area contributed by atoms with E-state index in [1.54, 1.807) is 0 Å². The van der Waals surface area contributed by atoms with Crippen LogP contribution < -0.4 is 4.72 Å². The second-order valence-electron chi connectivity index (χ2n) is 9.16. The van der Waals surface area contributed by atoms with Gasteiger partial charge in [-0.1, -0.05) is 30.0 Å². The second-order valence-corrected chi connectivity index (χ2v) is 12.0. The molecule has 1 amide bonds. The number of ether oxygens (including phenoxy) is 1. The lowest BCUT2D eigenvalue weighted by atomic mass is 9.99. The van der Waals surface area contributed by atoms with Crippen LogP contribution in [0.25, 0.3) is 6.08 Å². The lowest BCUT2D eigenvalue weighted by molar-refractivity contribution is -0.385. The van der Waals surface area contributed by atoms with Crippen molar-refractivity contribution in [1.82, 2.24) is 4.90 Å². The molecule has 1 aliphatic heterocycles. The molecule has 0 radical (unpaired) electrons. The standard InChI is InChI=1S/C27H21F6N3O6S2/c28-26(29,30)24-17(8-10-23(37)35-11-13-42-14-12-35)7-9-22(25(24)27(31,32)33)43-20-5-1-3-18(15-20)34-44(40,41)21-6-2-4-19(16-21)36(38)39/h1-10,15-16,34H,11-14H2/b10-8+. The van der Waals surface area contributed by atoms with Gasteiger partial charge in [0.1, 0.15) is 0 Å². The van der Waals surface area contributed by atoms with Crippen LogP contribution in [0, 0.1) is 10.1 Å². The van der Waals surface area contributed by atoms with Crippen LogP contribution >= 0.6 is 11.8 Å². The number of nitrogens with one attached hydrogen (secondary N) is 1. The number of carbonyl (C=O) groups is 1. The van der Waals surface area contributed by atoms with Gasteiger partial charge in [0.15, 0.2) is 0 Å². The molecule has 0 aromatic heterocycles. The van der Waals surface area contributed by atoms with E-state index in [0.717, 1.165) is 48.5 Å². The summed E-state index contributed by atoms with van der Waals surface area (Å²) in [5.41, 5.74) is -5.48. The van der Waals surface area contributed by atoms with Crippen LogP contribution in [-0.4, -0.2) is 50.5 Å². The lowest BCUT2D eigenvalue weighted by Crippen LogP contribution is -2.39. The topological polar surface area (TPSA) is 119 Å². The zero-order valence-corrected chi connectivity index (χ0v) is 23.8. The van der Waals surface area contributed by atoms with Gasteiger partial charge < -0.3 is 9.64 Å². The summed E-state index contributed by atoms with van der Waals surface area (Å²) in [5.74, 6) is -0.683. The summed E-state index contributed by atoms with van der Waals surface area (Å²) in [5, 5.41) is 11.0. The van der Waals surface area contributed by atoms with Crippen molar-refractivity contribution in [1.29, 1.82) is 0 Å². The van der Waals surface area contributed by atoms with E-state index in [2.05, 4.69) is 4.72 Å². The SMILES string of the molecule is O=C(/C=C/c1ccc(Sc2cccc(NS(=O)(=O)c3cccc([N+](=O)[O-])c3)c2)c(C(F)(F)F)c1C(F)(F)F)N1CCOCC1. The summed E-state index contributed by atoms with van der Waals surface area (Å²) in [4.78, 5) is 22.6. The Morgan fingerprint density at radius 3 is 2.25 bits per heavy atom. The number of nitro groups is 1. The Bertz CT molecular complexity index is 1700. The summed E-state index contributed by atoms with van der Waals surface area (Å²) in [7, 11) is -4.38. The van der Waals surface area contributed by atoms with Crippen molar-refractivity contribution < 1.29 is 49.2 Å². The lowest BCUT2D eigenvalue weighted by Gasteiger charge is -2.25. The molecule has 1 saturated heterocycles. The molecule has 0 saturated carbocycles. The molecule has 44 heavy (non-hydrogen) atoms. The number of amides is 1. The number of alkyl halides is 6. The number of benzene rings is 3. The number of nitrogens with zero attached hydrogens (tertiary/aromatic N) is 2. The first kappa shape index (κ1) is 32.8. The molecule has 0 aliphatic carbocycles. The number of carbonyl (C=O) groups excluding carboxylic acids is 1. The number of morpholine rings is 1. The molecular formula is C27H21F6N3O6S2. The third-order valence-corrected chi connectivity index (χ3v) is 8.58. The Morgan fingerprint density at radius 1 is 0.955 bits per heavy atom. The molecule has 234 valence electrons. The van der Waals surface area contributed by atoms with Gasteiger partial charge in [0.25, 0.3) is 15.7 Å².